The molecule has 0 N–H and O–H groups in total. The number of rotatable bonds is 10. The Morgan fingerprint density at radius 2 is 1.88 bits per heavy atom. The van der Waals surface area contributed by atoms with Crippen LogP contribution in [-0.2, 0) is 38.0 Å². The molecule has 8 unspecified atom stereocenters. The lowest BCUT2D eigenvalue weighted by atomic mass is 9.84. The number of fused-ring (bicyclic) bond motifs is 3. The van der Waals surface area contributed by atoms with Gasteiger partial charge in [0.2, 0.25) is 5.79 Å². The van der Waals surface area contributed by atoms with Crippen molar-refractivity contribution in [2.24, 2.45) is 0 Å². The molecule has 4 aliphatic rings. The van der Waals surface area contributed by atoms with Crippen LogP contribution in [0, 0.1) is 0 Å². The highest BCUT2D eigenvalue weighted by Gasteiger charge is 2.71. The average molecular weight is 585 g/mol. The normalized spacial score (nSPS) is 40.6. The molecule has 8 nitrogen and oxygen atoms in total. The van der Waals surface area contributed by atoms with Crippen molar-refractivity contribution in [2.75, 3.05) is 14.2 Å². The number of carbonyl (C=O) groups excluding carboxylic acids is 2. The summed E-state index contributed by atoms with van der Waals surface area (Å²) < 4.78 is 36.6. The monoisotopic (exact) mass is 584 g/mol. The molecule has 180 valence electrons. The summed E-state index contributed by atoms with van der Waals surface area (Å²) in [5.41, 5.74) is 0. The van der Waals surface area contributed by atoms with Crippen LogP contribution in [0.2, 0.25) is 0 Å². The number of ketones is 1. The van der Waals surface area contributed by atoms with Crippen molar-refractivity contribution in [1.82, 2.24) is 0 Å². The Hall–Kier alpha value is -0.300. The van der Waals surface area contributed by atoms with E-state index in [0.29, 0.717) is 25.7 Å². The minimum absolute atomic E-state index is 0.00192. The minimum atomic E-state index is -1.19. The Morgan fingerprint density at radius 3 is 2.53 bits per heavy atom. The third kappa shape index (κ3) is 4.89. The van der Waals surface area contributed by atoms with Gasteiger partial charge in [-0.15, -0.1) is 11.6 Å². The largest absolute Gasteiger partial charge is 0.469 e. The van der Waals surface area contributed by atoms with Crippen molar-refractivity contribution < 1.29 is 38.0 Å². The molecule has 4 saturated heterocycles. The molecular formula is C22H30ClIO8. The fourth-order valence-electron chi connectivity index (χ4n) is 5.30. The highest BCUT2D eigenvalue weighted by atomic mass is 127. The van der Waals surface area contributed by atoms with Crippen LogP contribution in [0.1, 0.15) is 44.9 Å². The van der Waals surface area contributed by atoms with Gasteiger partial charge in [-0.05, 0) is 51.9 Å². The van der Waals surface area contributed by atoms with Crippen LogP contribution in [0.15, 0.2) is 10.2 Å². The highest BCUT2D eigenvalue weighted by molar-refractivity contribution is 14.1. The molecule has 0 radical (unpaired) electrons. The predicted octanol–water partition coefficient (Wildman–Crippen LogP) is 3.06. The molecule has 4 heterocycles. The van der Waals surface area contributed by atoms with Gasteiger partial charge in [0, 0.05) is 18.9 Å². The maximum absolute atomic E-state index is 12.8. The fraction of sp³-hybridized carbons (Fsp3) is 0.818. The summed E-state index contributed by atoms with van der Waals surface area (Å²) in [6.45, 7) is 3.86. The second kappa shape index (κ2) is 10.1. The van der Waals surface area contributed by atoms with E-state index in [0.717, 1.165) is 10.0 Å². The van der Waals surface area contributed by atoms with Gasteiger partial charge in [-0.2, -0.15) is 0 Å². The molecule has 9 atom stereocenters. The number of halogens is 2. The Morgan fingerprint density at radius 1 is 1.16 bits per heavy atom. The predicted molar refractivity (Wildman–Crippen MR) is 123 cm³/mol. The molecule has 0 spiro atoms. The number of hydrogen-bond acceptors (Lipinski definition) is 8. The van der Waals surface area contributed by atoms with Crippen molar-refractivity contribution >= 4 is 45.9 Å². The zero-order chi connectivity index (χ0) is 23.0. The Labute approximate surface area is 206 Å². The summed E-state index contributed by atoms with van der Waals surface area (Å²) in [4.78, 5) is 24.5. The van der Waals surface area contributed by atoms with Crippen LogP contribution in [0.3, 0.4) is 0 Å². The number of carbonyl (C=O) groups is 2. The Kier molecular flexibility index (Phi) is 7.86. The van der Waals surface area contributed by atoms with E-state index in [-0.39, 0.29) is 66.6 Å². The lowest BCUT2D eigenvalue weighted by Gasteiger charge is -2.50. The summed E-state index contributed by atoms with van der Waals surface area (Å²) in [7, 11) is 2.95. The van der Waals surface area contributed by atoms with Gasteiger partial charge in [0.05, 0.1) is 32.2 Å². The molecule has 0 amide bonds. The molecule has 0 aliphatic carbocycles. The zero-order valence-electron chi connectivity index (χ0n) is 18.3. The number of hydrogen-bond donors (Lipinski definition) is 0. The number of alkyl halides is 1. The zero-order valence-corrected chi connectivity index (χ0v) is 21.2. The Bertz CT molecular complexity index is 749. The van der Waals surface area contributed by atoms with Gasteiger partial charge in [0.1, 0.15) is 36.3 Å². The molecule has 4 aliphatic heterocycles. The topological polar surface area (TPSA) is 89.5 Å². The van der Waals surface area contributed by atoms with Crippen LogP contribution in [0.5, 0.6) is 0 Å². The summed E-state index contributed by atoms with van der Waals surface area (Å²) >= 11 is 8.45. The second-order valence-corrected chi connectivity index (χ2v) is 11.1. The molecule has 0 aromatic rings. The van der Waals surface area contributed by atoms with Crippen LogP contribution >= 0.6 is 34.2 Å². The number of methoxy groups -OCH3 is 2. The van der Waals surface area contributed by atoms with E-state index in [2.05, 4.69) is 29.2 Å². The highest BCUT2D eigenvalue weighted by Crippen LogP contribution is 2.53. The van der Waals surface area contributed by atoms with Crippen molar-refractivity contribution in [3.8, 4) is 0 Å². The molecule has 10 heteroatoms. The van der Waals surface area contributed by atoms with Crippen LogP contribution in [0.25, 0.3) is 0 Å². The lowest BCUT2D eigenvalue weighted by Crippen LogP contribution is -2.66. The van der Waals surface area contributed by atoms with Crippen molar-refractivity contribution in [2.45, 2.75) is 98.8 Å². The Balaban J connectivity index is 1.41. The van der Waals surface area contributed by atoms with E-state index in [1.165, 1.54) is 7.11 Å². The molecule has 4 fully saturated rings. The van der Waals surface area contributed by atoms with Crippen molar-refractivity contribution in [3.63, 3.8) is 0 Å². The molecule has 4 rings (SSSR count). The first kappa shape index (κ1) is 24.8. The molecule has 0 saturated carbocycles. The third-order valence-electron chi connectivity index (χ3n) is 6.69. The summed E-state index contributed by atoms with van der Waals surface area (Å²) in [6, 6.07) is 0. The number of esters is 1. The van der Waals surface area contributed by atoms with Crippen LogP contribution < -0.4 is 0 Å². The van der Waals surface area contributed by atoms with E-state index >= 15 is 0 Å². The third-order valence-corrected chi connectivity index (χ3v) is 7.51. The van der Waals surface area contributed by atoms with Crippen molar-refractivity contribution in [1.29, 1.82) is 0 Å². The standard InChI is InChI=1S/C22H30ClIO8/c1-11(24)8-12(23)4-5-13(25)10-22-21(28-3)20-19(32-22)18(31-22)17-15(30-20)7-6-14(29-17)9-16(26)27-2/h12,14-15,17-21H,1,4-10H2,2-3H3/t12?,14?,15?,17?,18?,19?,20?,21?,22-/m0/s1. The SMILES string of the molecule is C=C(I)CC(Cl)CCC(=O)C[C@]12OC3C4OC(CC(=O)OC)CCC4OC(C3O1)C2OC. The van der Waals surface area contributed by atoms with Crippen LogP contribution in [0.4, 0.5) is 0 Å². The smallest absolute Gasteiger partial charge is 0.308 e. The molecular weight excluding hydrogens is 555 g/mol. The van der Waals surface area contributed by atoms with Gasteiger partial charge < -0.3 is 28.4 Å². The average Bonchev–Trinajstić information content (AvgIpc) is 3.26. The van der Waals surface area contributed by atoms with Gasteiger partial charge >= 0.3 is 5.97 Å². The van der Waals surface area contributed by atoms with Crippen LogP contribution in [-0.4, -0.2) is 79.9 Å². The van der Waals surface area contributed by atoms with Gasteiger partial charge in [0.25, 0.3) is 0 Å². The van der Waals surface area contributed by atoms with E-state index in [1.54, 1.807) is 7.11 Å². The summed E-state index contributed by atoms with van der Waals surface area (Å²) in [5.74, 6) is -1.50. The molecule has 2 bridgehead atoms. The second-order valence-electron chi connectivity index (χ2n) is 8.93. The first-order chi connectivity index (χ1) is 15.3. The van der Waals surface area contributed by atoms with Gasteiger partial charge in [-0.1, -0.05) is 6.58 Å². The first-order valence-corrected chi connectivity index (χ1v) is 12.5. The molecule has 0 aromatic heterocycles. The fourth-order valence-corrected chi connectivity index (χ4v) is 6.39. The van der Waals surface area contributed by atoms with Gasteiger partial charge in [-0.25, -0.2) is 0 Å². The van der Waals surface area contributed by atoms with Gasteiger partial charge in [0.15, 0.2) is 0 Å². The number of allylic oxidation sites excluding steroid dienone is 1. The maximum atomic E-state index is 12.8. The number of ether oxygens (including phenoxy) is 6. The molecule has 0 aromatic carbocycles. The lowest BCUT2D eigenvalue weighted by molar-refractivity contribution is -0.301. The summed E-state index contributed by atoms with van der Waals surface area (Å²) in [5, 5.41) is -0.133. The van der Waals surface area contributed by atoms with E-state index in [9.17, 15) is 9.59 Å². The van der Waals surface area contributed by atoms with Gasteiger partial charge in [-0.3, -0.25) is 9.59 Å². The van der Waals surface area contributed by atoms with E-state index < -0.39 is 11.9 Å². The van der Waals surface area contributed by atoms with E-state index in [4.69, 9.17) is 40.0 Å². The first-order valence-electron chi connectivity index (χ1n) is 11.0. The number of Topliss-reactive ketones (excluding diaryl/α,β-unsaturated/α-hetero) is 1. The van der Waals surface area contributed by atoms with Crippen molar-refractivity contribution in [3.05, 3.63) is 10.2 Å². The molecule has 32 heavy (non-hydrogen) atoms. The van der Waals surface area contributed by atoms with E-state index in [1.807, 2.05) is 0 Å². The minimum Gasteiger partial charge on any atom is -0.469 e. The maximum Gasteiger partial charge on any atom is 0.308 e. The summed E-state index contributed by atoms with van der Waals surface area (Å²) in [6.07, 6.45) is 0.901. The quantitative estimate of drug-likeness (QED) is 0.220.